The summed E-state index contributed by atoms with van der Waals surface area (Å²) in [6.45, 7) is 3.13. The summed E-state index contributed by atoms with van der Waals surface area (Å²) in [6.07, 6.45) is 3.94. The van der Waals surface area contributed by atoms with Crippen molar-refractivity contribution in [2.24, 2.45) is 0 Å². The number of halogens is 1. The molecule has 10 heteroatoms. The van der Waals surface area contributed by atoms with Crippen LogP contribution in [0.15, 0.2) is 82.2 Å². The molecule has 2 amide bonds. The Morgan fingerprint density at radius 2 is 1.73 bits per heavy atom. The van der Waals surface area contributed by atoms with E-state index >= 15 is 0 Å². The monoisotopic (exact) mass is 641 g/mol. The summed E-state index contributed by atoms with van der Waals surface area (Å²) in [6, 6.07) is 19.9. The van der Waals surface area contributed by atoms with Crippen LogP contribution in [0.1, 0.15) is 43.7 Å². The predicted octanol–water partition coefficient (Wildman–Crippen LogP) is 5.44. The summed E-state index contributed by atoms with van der Waals surface area (Å²) in [5, 5.41) is 3.08. The third kappa shape index (κ3) is 7.48. The van der Waals surface area contributed by atoms with Crippen molar-refractivity contribution in [2.45, 2.75) is 63.1 Å². The highest BCUT2D eigenvalue weighted by atomic mass is 79.9. The molecule has 1 aliphatic rings. The Kier molecular flexibility index (Phi) is 10.1. The first-order chi connectivity index (χ1) is 19.6. The minimum absolute atomic E-state index is 0.0434. The third-order valence-corrected chi connectivity index (χ3v) is 9.59. The molecule has 1 atom stereocenters. The van der Waals surface area contributed by atoms with Crippen LogP contribution in [0.25, 0.3) is 0 Å². The van der Waals surface area contributed by atoms with Crippen LogP contribution < -0.4 is 14.4 Å². The maximum absolute atomic E-state index is 14.1. The van der Waals surface area contributed by atoms with E-state index in [2.05, 4.69) is 21.2 Å². The Hall–Kier alpha value is -3.37. The molecule has 0 aliphatic heterocycles. The zero-order chi connectivity index (χ0) is 29.6. The summed E-state index contributed by atoms with van der Waals surface area (Å²) >= 11 is 3.47. The molecule has 1 fully saturated rings. The standard InChI is InChI=1S/C31H36BrN3O5S/c1-22-16-17-29(40-3)28(18-22)35(41(38,39)27-14-5-4-6-15-27)21-30(36)34(20-24-10-9-11-25(32)19-24)23(2)31(37)33-26-12-7-8-13-26/h4-6,9-11,14-19,23,26H,7-8,12-13,20-21H2,1-3H3,(H,33,37). The molecule has 4 rings (SSSR count). The van der Waals surface area contributed by atoms with Gasteiger partial charge in [0.05, 0.1) is 17.7 Å². The molecule has 3 aromatic rings. The topological polar surface area (TPSA) is 96.0 Å². The lowest BCUT2D eigenvalue weighted by Gasteiger charge is -2.33. The van der Waals surface area contributed by atoms with Crippen LogP contribution in [0.3, 0.4) is 0 Å². The maximum atomic E-state index is 14.1. The van der Waals surface area contributed by atoms with E-state index in [1.165, 1.54) is 24.1 Å². The number of carbonyl (C=O) groups excluding carboxylic acids is 2. The van der Waals surface area contributed by atoms with Crippen molar-refractivity contribution in [1.29, 1.82) is 0 Å². The molecule has 8 nitrogen and oxygen atoms in total. The Morgan fingerprint density at radius 3 is 2.39 bits per heavy atom. The number of ether oxygens (including phenoxy) is 1. The lowest BCUT2D eigenvalue weighted by Crippen LogP contribution is -2.52. The molecule has 0 aromatic heterocycles. The van der Waals surface area contributed by atoms with Gasteiger partial charge in [-0.3, -0.25) is 13.9 Å². The normalized spacial score (nSPS) is 14.3. The third-order valence-electron chi connectivity index (χ3n) is 7.32. The number of carbonyl (C=O) groups is 2. The first kappa shape index (κ1) is 30.6. The Morgan fingerprint density at radius 1 is 1.02 bits per heavy atom. The van der Waals surface area contributed by atoms with Crippen molar-refractivity contribution in [3.05, 3.63) is 88.4 Å². The predicted molar refractivity (Wildman–Crippen MR) is 163 cm³/mol. The highest BCUT2D eigenvalue weighted by molar-refractivity contribution is 9.10. The fourth-order valence-electron chi connectivity index (χ4n) is 5.03. The number of benzene rings is 3. The summed E-state index contributed by atoms with van der Waals surface area (Å²) in [7, 11) is -2.72. The second kappa shape index (κ2) is 13.5. The number of amides is 2. The van der Waals surface area contributed by atoms with E-state index in [0.717, 1.165) is 45.6 Å². The summed E-state index contributed by atoms with van der Waals surface area (Å²) in [5.74, 6) is -0.457. The van der Waals surface area contributed by atoms with E-state index in [0.29, 0.717) is 5.75 Å². The van der Waals surface area contributed by atoms with Gasteiger partial charge in [-0.2, -0.15) is 0 Å². The fourth-order valence-corrected chi connectivity index (χ4v) is 6.92. The van der Waals surface area contributed by atoms with Crippen LogP contribution in [-0.2, 0) is 26.2 Å². The average molecular weight is 643 g/mol. The number of anilines is 1. The van der Waals surface area contributed by atoms with Crippen molar-refractivity contribution in [1.82, 2.24) is 10.2 Å². The SMILES string of the molecule is COc1ccc(C)cc1N(CC(=O)N(Cc1cccc(Br)c1)C(C)C(=O)NC1CCCC1)S(=O)(=O)c1ccccc1. The number of rotatable bonds is 11. The number of nitrogens with zero attached hydrogens (tertiary/aromatic N) is 2. The van der Waals surface area contributed by atoms with Crippen LogP contribution in [0.5, 0.6) is 5.75 Å². The van der Waals surface area contributed by atoms with E-state index in [-0.39, 0.29) is 29.1 Å². The zero-order valence-electron chi connectivity index (χ0n) is 23.5. The van der Waals surface area contributed by atoms with Crippen LogP contribution >= 0.6 is 15.9 Å². The van der Waals surface area contributed by atoms with Gasteiger partial charge in [0.25, 0.3) is 10.0 Å². The Bertz CT molecular complexity index is 1480. The zero-order valence-corrected chi connectivity index (χ0v) is 25.9. The molecule has 1 aliphatic carbocycles. The van der Waals surface area contributed by atoms with Crippen LogP contribution in [0.2, 0.25) is 0 Å². The average Bonchev–Trinajstić information content (AvgIpc) is 3.47. The largest absolute Gasteiger partial charge is 0.495 e. The highest BCUT2D eigenvalue weighted by Crippen LogP contribution is 2.34. The van der Waals surface area contributed by atoms with Gasteiger partial charge in [0.2, 0.25) is 11.8 Å². The van der Waals surface area contributed by atoms with Crippen molar-refractivity contribution in [3.63, 3.8) is 0 Å². The van der Waals surface area contributed by atoms with E-state index in [1.54, 1.807) is 37.3 Å². The van der Waals surface area contributed by atoms with Gasteiger partial charge in [-0.25, -0.2) is 8.42 Å². The molecule has 0 saturated heterocycles. The molecule has 0 heterocycles. The molecule has 3 aromatic carbocycles. The highest BCUT2D eigenvalue weighted by Gasteiger charge is 2.34. The van der Waals surface area contributed by atoms with E-state index in [4.69, 9.17) is 4.74 Å². The first-order valence-corrected chi connectivity index (χ1v) is 15.9. The van der Waals surface area contributed by atoms with Gasteiger partial charge in [0.1, 0.15) is 18.3 Å². The van der Waals surface area contributed by atoms with Gasteiger partial charge in [0.15, 0.2) is 0 Å². The van der Waals surface area contributed by atoms with Crippen LogP contribution in [0, 0.1) is 6.92 Å². The molecule has 1 unspecified atom stereocenters. The van der Waals surface area contributed by atoms with Gasteiger partial charge in [-0.05, 0) is 74.2 Å². The number of hydrogen-bond donors (Lipinski definition) is 1. The number of hydrogen-bond acceptors (Lipinski definition) is 5. The van der Waals surface area contributed by atoms with Crippen molar-refractivity contribution < 1.29 is 22.7 Å². The second-order valence-corrected chi connectivity index (χ2v) is 13.1. The molecule has 0 spiro atoms. The minimum Gasteiger partial charge on any atom is -0.495 e. The number of sulfonamides is 1. The molecule has 1 saturated carbocycles. The van der Waals surface area contributed by atoms with Gasteiger partial charge >= 0.3 is 0 Å². The van der Waals surface area contributed by atoms with Crippen LogP contribution in [-0.4, -0.2) is 50.9 Å². The minimum atomic E-state index is -4.18. The summed E-state index contributed by atoms with van der Waals surface area (Å²) < 4.78 is 35.5. The first-order valence-electron chi connectivity index (χ1n) is 13.7. The van der Waals surface area contributed by atoms with Crippen molar-refractivity contribution in [3.8, 4) is 5.75 Å². The van der Waals surface area contributed by atoms with Gasteiger partial charge < -0.3 is 15.0 Å². The van der Waals surface area contributed by atoms with E-state index in [1.807, 2.05) is 37.3 Å². The van der Waals surface area contributed by atoms with Crippen LogP contribution in [0.4, 0.5) is 5.69 Å². The second-order valence-electron chi connectivity index (χ2n) is 10.3. The Labute approximate surface area is 250 Å². The molecule has 218 valence electrons. The summed E-state index contributed by atoms with van der Waals surface area (Å²) in [5.41, 5.74) is 1.85. The molecular weight excluding hydrogens is 606 g/mol. The molecule has 1 N–H and O–H groups in total. The lowest BCUT2D eigenvalue weighted by molar-refractivity contribution is -0.139. The molecule has 0 radical (unpaired) electrons. The molecule has 0 bridgehead atoms. The number of aryl methyl sites for hydroxylation is 1. The molecular formula is C31H36BrN3O5S. The maximum Gasteiger partial charge on any atom is 0.264 e. The number of nitrogens with one attached hydrogen (secondary N) is 1. The summed E-state index contributed by atoms with van der Waals surface area (Å²) in [4.78, 5) is 29.0. The Balaban J connectivity index is 1.73. The fraction of sp³-hybridized carbons (Fsp3) is 0.355. The van der Waals surface area contributed by atoms with Gasteiger partial charge in [-0.15, -0.1) is 0 Å². The lowest BCUT2D eigenvalue weighted by atomic mass is 10.1. The quantitative estimate of drug-likeness (QED) is 0.301. The van der Waals surface area contributed by atoms with E-state index in [9.17, 15) is 18.0 Å². The van der Waals surface area contributed by atoms with Crippen molar-refractivity contribution >= 4 is 43.5 Å². The van der Waals surface area contributed by atoms with Gasteiger partial charge in [0, 0.05) is 17.1 Å². The smallest absolute Gasteiger partial charge is 0.264 e. The van der Waals surface area contributed by atoms with Gasteiger partial charge in [-0.1, -0.05) is 65.2 Å². The molecule has 41 heavy (non-hydrogen) atoms. The van der Waals surface area contributed by atoms with Crippen molar-refractivity contribution in [2.75, 3.05) is 18.0 Å². The van der Waals surface area contributed by atoms with E-state index < -0.39 is 28.5 Å². The number of methoxy groups -OCH3 is 1.